The average molecular weight is 348 g/mol. The lowest BCUT2D eigenvalue weighted by atomic mass is 9.81. The van der Waals surface area contributed by atoms with Crippen LogP contribution in [0.15, 0.2) is 54.6 Å². The Labute approximate surface area is 156 Å². The Morgan fingerprint density at radius 1 is 1.00 bits per heavy atom. The summed E-state index contributed by atoms with van der Waals surface area (Å²) in [6, 6.07) is 20.0. The first-order valence-corrected chi connectivity index (χ1v) is 9.86. The molecule has 2 aromatic carbocycles. The van der Waals surface area contributed by atoms with E-state index in [9.17, 15) is 4.79 Å². The van der Waals surface area contributed by atoms with Gasteiger partial charge in [-0.15, -0.1) is 0 Å². The lowest BCUT2D eigenvalue weighted by Crippen LogP contribution is -2.56. The summed E-state index contributed by atoms with van der Waals surface area (Å²) in [7, 11) is 0. The van der Waals surface area contributed by atoms with Gasteiger partial charge in [0.15, 0.2) is 0 Å². The smallest absolute Gasteiger partial charge is 0.251 e. The molecule has 1 amide bonds. The number of piperidine rings is 2. The van der Waals surface area contributed by atoms with Gasteiger partial charge in [0.25, 0.3) is 5.91 Å². The Balaban J connectivity index is 1.41. The fourth-order valence-corrected chi connectivity index (χ4v) is 4.62. The first kappa shape index (κ1) is 17.3. The number of hydrogen-bond acceptors (Lipinski definition) is 2. The van der Waals surface area contributed by atoms with Gasteiger partial charge in [-0.1, -0.05) is 54.4 Å². The summed E-state index contributed by atoms with van der Waals surface area (Å²) in [5, 5.41) is 3.29. The van der Waals surface area contributed by atoms with Crippen LogP contribution in [0, 0.1) is 6.92 Å². The van der Waals surface area contributed by atoms with Crippen LogP contribution in [0.25, 0.3) is 0 Å². The van der Waals surface area contributed by atoms with E-state index in [0.717, 1.165) is 24.9 Å². The number of amides is 1. The van der Waals surface area contributed by atoms with Crippen LogP contribution in [0.3, 0.4) is 0 Å². The molecular formula is C23H28N2O. The van der Waals surface area contributed by atoms with Crippen molar-refractivity contribution in [3.8, 4) is 0 Å². The minimum absolute atomic E-state index is 0.0701. The number of carbonyl (C=O) groups is 1. The molecule has 0 spiro atoms. The standard InChI is InChI=1S/C23H28N2O/c1-17-10-12-18(13-11-17)16-25-21-8-5-9-22(25)15-20(14-21)24-23(26)19-6-3-2-4-7-19/h2-4,6-7,10-13,20-22H,5,8-9,14-16H2,1H3,(H,24,26)/t21-,22-/m1/s1. The van der Waals surface area contributed by atoms with Crippen LogP contribution in [0.4, 0.5) is 0 Å². The molecule has 3 heteroatoms. The number of rotatable bonds is 4. The second-order valence-corrected chi connectivity index (χ2v) is 7.90. The van der Waals surface area contributed by atoms with E-state index in [1.54, 1.807) is 0 Å². The van der Waals surface area contributed by atoms with Crippen LogP contribution in [0.2, 0.25) is 0 Å². The monoisotopic (exact) mass is 348 g/mol. The Hall–Kier alpha value is -2.13. The van der Waals surface area contributed by atoms with Gasteiger partial charge in [-0.25, -0.2) is 0 Å². The molecule has 136 valence electrons. The summed E-state index contributed by atoms with van der Waals surface area (Å²) in [6.45, 7) is 3.17. The lowest BCUT2D eigenvalue weighted by molar-refractivity contribution is 0.0177. The van der Waals surface area contributed by atoms with Crippen molar-refractivity contribution < 1.29 is 4.79 Å². The summed E-state index contributed by atoms with van der Waals surface area (Å²) >= 11 is 0. The maximum atomic E-state index is 12.5. The quantitative estimate of drug-likeness (QED) is 0.893. The molecule has 2 heterocycles. The second kappa shape index (κ2) is 7.63. The minimum Gasteiger partial charge on any atom is -0.349 e. The summed E-state index contributed by atoms with van der Waals surface area (Å²) in [5.74, 6) is 0.0701. The Kier molecular flexibility index (Phi) is 5.07. The Bertz CT molecular complexity index is 727. The van der Waals surface area contributed by atoms with E-state index in [1.807, 2.05) is 30.3 Å². The van der Waals surface area contributed by atoms with E-state index in [2.05, 4.69) is 41.4 Å². The van der Waals surface area contributed by atoms with Gasteiger partial charge in [0, 0.05) is 30.2 Å². The molecule has 2 bridgehead atoms. The molecule has 2 aromatic rings. The van der Waals surface area contributed by atoms with Gasteiger partial charge >= 0.3 is 0 Å². The van der Waals surface area contributed by atoms with Crippen molar-refractivity contribution in [2.75, 3.05) is 0 Å². The summed E-state index contributed by atoms with van der Waals surface area (Å²) in [5.41, 5.74) is 3.48. The molecule has 0 aromatic heterocycles. The molecule has 2 saturated heterocycles. The predicted octanol–water partition coefficient (Wildman–Crippen LogP) is 4.31. The fourth-order valence-electron chi connectivity index (χ4n) is 4.62. The SMILES string of the molecule is Cc1ccc(CN2[C@@H]3CCC[C@@H]2CC(NC(=O)c2ccccc2)C3)cc1. The van der Waals surface area contributed by atoms with E-state index in [4.69, 9.17) is 0 Å². The number of carbonyl (C=O) groups excluding carboxylic acids is 1. The summed E-state index contributed by atoms with van der Waals surface area (Å²) in [4.78, 5) is 15.2. The van der Waals surface area contributed by atoms with E-state index >= 15 is 0 Å². The minimum atomic E-state index is 0.0701. The van der Waals surface area contributed by atoms with Gasteiger partial charge in [-0.05, 0) is 50.3 Å². The molecule has 0 saturated carbocycles. The third-order valence-electron chi connectivity index (χ3n) is 5.98. The highest BCUT2D eigenvalue weighted by Crippen LogP contribution is 2.35. The molecule has 0 radical (unpaired) electrons. The van der Waals surface area contributed by atoms with Gasteiger partial charge in [0.05, 0.1) is 0 Å². The van der Waals surface area contributed by atoms with E-state index < -0.39 is 0 Å². The molecule has 4 rings (SSSR count). The Morgan fingerprint density at radius 2 is 1.65 bits per heavy atom. The molecule has 2 aliphatic rings. The van der Waals surface area contributed by atoms with E-state index in [-0.39, 0.29) is 5.91 Å². The van der Waals surface area contributed by atoms with Gasteiger partial charge in [0.2, 0.25) is 0 Å². The molecule has 0 aliphatic carbocycles. The zero-order valence-corrected chi connectivity index (χ0v) is 15.5. The molecule has 26 heavy (non-hydrogen) atoms. The second-order valence-electron chi connectivity index (χ2n) is 7.90. The van der Waals surface area contributed by atoms with Gasteiger partial charge in [-0.2, -0.15) is 0 Å². The fraction of sp³-hybridized carbons (Fsp3) is 0.435. The average Bonchev–Trinajstić information content (AvgIpc) is 2.65. The van der Waals surface area contributed by atoms with Crippen molar-refractivity contribution in [2.24, 2.45) is 0 Å². The third kappa shape index (κ3) is 3.83. The molecule has 1 N–H and O–H groups in total. The van der Waals surface area contributed by atoms with Crippen LogP contribution >= 0.6 is 0 Å². The normalized spacial score (nSPS) is 25.7. The third-order valence-corrected chi connectivity index (χ3v) is 5.98. The largest absolute Gasteiger partial charge is 0.349 e. The zero-order chi connectivity index (χ0) is 17.9. The van der Waals surface area contributed by atoms with Crippen molar-refractivity contribution in [3.05, 3.63) is 71.3 Å². The highest BCUT2D eigenvalue weighted by molar-refractivity contribution is 5.94. The Morgan fingerprint density at radius 3 is 2.31 bits per heavy atom. The lowest BCUT2D eigenvalue weighted by Gasteiger charge is -2.49. The van der Waals surface area contributed by atoms with Crippen molar-refractivity contribution in [1.82, 2.24) is 10.2 Å². The highest BCUT2D eigenvalue weighted by atomic mass is 16.1. The van der Waals surface area contributed by atoms with Crippen molar-refractivity contribution in [3.63, 3.8) is 0 Å². The summed E-state index contributed by atoms with van der Waals surface area (Å²) in [6.07, 6.45) is 5.96. The predicted molar refractivity (Wildman–Crippen MR) is 105 cm³/mol. The number of fused-ring (bicyclic) bond motifs is 2. The van der Waals surface area contributed by atoms with Gasteiger partial charge in [-0.3, -0.25) is 9.69 Å². The zero-order valence-electron chi connectivity index (χ0n) is 15.5. The molecular weight excluding hydrogens is 320 g/mol. The van der Waals surface area contributed by atoms with Crippen molar-refractivity contribution >= 4 is 5.91 Å². The first-order valence-electron chi connectivity index (χ1n) is 9.86. The van der Waals surface area contributed by atoms with Crippen LogP contribution in [-0.4, -0.2) is 28.9 Å². The summed E-state index contributed by atoms with van der Waals surface area (Å²) < 4.78 is 0. The molecule has 0 unspecified atom stereocenters. The van der Waals surface area contributed by atoms with Crippen molar-refractivity contribution in [1.29, 1.82) is 0 Å². The van der Waals surface area contributed by atoms with Crippen LogP contribution < -0.4 is 5.32 Å². The number of aryl methyl sites for hydroxylation is 1. The molecule has 2 atom stereocenters. The maximum absolute atomic E-state index is 12.5. The molecule has 2 aliphatic heterocycles. The van der Waals surface area contributed by atoms with Crippen molar-refractivity contribution in [2.45, 2.75) is 63.7 Å². The van der Waals surface area contributed by atoms with E-state index in [0.29, 0.717) is 18.1 Å². The molecule has 2 fully saturated rings. The highest BCUT2D eigenvalue weighted by Gasteiger charge is 2.38. The topological polar surface area (TPSA) is 32.3 Å². The first-order chi connectivity index (χ1) is 12.7. The molecule has 3 nitrogen and oxygen atoms in total. The number of hydrogen-bond donors (Lipinski definition) is 1. The van der Waals surface area contributed by atoms with Crippen LogP contribution in [-0.2, 0) is 6.54 Å². The number of nitrogens with one attached hydrogen (secondary N) is 1. The van der Waals surface area contributed by atoms with Crippen LogP contribution in [0.1, 0.15) is 53.6 Å². The van der Waals surface area contributed by atoms with Gasteiger partial charge in [0.1, 0.15) is 0 Å². The van der Waals surface area contributed by atoms with E-state index in [1.165, 1.54) is 30.4 Å². The number of nitrogens with zero attached hydrogens (tertiary/aromatic N) is 1. The number of benzene rings is 2. The van der Waals surface area contributed by atoms with Gasteiger partial charge < -0.3 is 5.32 Å². The van der Waals surface area contributed by atoms with Crippen LogP contribution in [0.5, 0.6) is 0 Å². The maximum Gasteiger partial charge on any atom is 0.251 e.